The van der Waals surface area contributed by atoms with Crippen LogP contribution in [-0.2, 0) is 16.1 Å². The number of amides is 2. The van der Waals surface area contributed by atoms with Gasteiger partial charge in [-0.25, -0.2) is 9.67 Å². The highest BCUT2D eigenvalue weighted by atomic mass is 16.2. The molecule has 24 heavy (non-hydrogen) atoms. The molecule has 3 heterocycles. The van der Waals surface area contributed by atoms with E-state index in [1.165, 1.54) is 0 Å². The molecule has 1 N–H and O–H groups in total. The minimum absolute atomic E-state index is 0.0678. The second-order valence-electron chi connectivity index (χ2n) is 6.33. The van der Waals surface area contributed by atoms with Gasteiger partial charge in [0.05, 0.1) is 5.92 Å². The zero-order valence-electron chi connectivity index (χ0n) is 13.3. The molecular weight excluding hydrogens is 306 g/mol. The second kappa shape index (κ2) is 6.07. The zero-order valence-corrected chi connectivity index (χ0v) is 13.3. The maximum Gasteiger partial charge on any atom is 0.225 e. The highest BCUT2D eigenvalue weighted by molar-refractivity contribution is 5.89. The molecule has 0 radical (unpaired) electrons. The Bertz CT molecular complexity index is 754. The topological polar surface area (TPSA) is 80.1 Å². The Morgan fingerprint density at radius 3 is 2.92 bits per heavy atom. The number of carbonyl (C=O) groups is 2. The lowest BCUT2D eigenvalue weighted by molar-refractivity contribution is -0.129. The van der Waals surface area contributed by atoms with Gasteiger partial charge < -0.3 is 10.2 Å². The molecule has 2 aromatic heterocycles. The molecule has 0 bridgehead atoms. The van der Waals surface area contributed by atoms with Gasteiger partial charge in [-0.15, -0.1) is 0 Å². The Balaban J connectivity index is 1.40. The number of hydrogen-bond acceptors (Lipinski definition) is 4. The van der Waals surface area contributed by atoms with Gasteiger partial charge >= 0.3 is 0 Å². The van der Waals surface area contributed by atoms with Gasteiger partial charge in [-0.05, 0) is 25.0 Å². The SMILES string of the molecule is O=C(NCc1cccnc1-n1cccn1)[C@H]1CC(=O)N(C2CC2)C1. The standard InChI is InChI=1S/C17H19N5O2/c23-15-9-13(11-21(15)14-4-5-14)17(24)19-10-12-3-1-6-18-16(12)22-8-2-7-20-22/h1-3,6-8,13-14H,4-5,9-11H2,(H,19,24)/t13-/m0/s1. The van der Waals surface area contributed by atoms with Crippen LogP contribution in [0.5, 0.6) is 0 Å². The van der Waals surface area contributed by atoms with Gasteiger partial charge in [0.25, 0.3) is 0 Å². The molecule has 1 aliphatic carbocycles. The van der Waals surface area contributed by atoms with E-state index < -0.39 is 0 Å². The van der Waals surface area contributed by atoms with Crippen molar-refractivity contribution in [2.45, 2.75) is 31.8 Å². The van der Waals surface area contributed by atoms with Crippen LogP contribution < -0.4 is 5.32 Å². The third-order valence-electron chi connectivity index (χ3n) is 4.56. The lowest BCUT2D eigenvalue weighted by Crippen LogP contribution is -2.33. The molecule has 2 fully saturated rings. The maximum atomic E-state index is 12.4. The van der Waals surface area contributed by atoms with Gasteiger partial charge in [-0.3, -0.25) is 9.59 Å². The van der Waals surface area contributed by atoms with Crippen LogP contribution in [0.15, 0.2) is 36.8 Å². The number of likely N-dealkylation sites (tertiary alicyclic amines) is 1. The van der Waals surface area contributed by atoms with E-state index in [0.717, 1.165) is 18.4 Å². The first-order valence-corrected chi connectivity index (χ1v) is 8.23. The molecule has 0 aromatic carbocycles. The van der Waals surface area contributed by atoms with Crippen LogP contribution >= 0.6 is 0 Å². The van der Waals surface area contributed by atoms with E-state index in [-0.39, 0.29) is 17.7 Å². The lowest BCUT2D eigenvalue weighted by Gasteiger charge is -2.15. The highest BCUT2D eigenvalue weighted by Crippen LogP contribution is 2.32. The van der Waals surface area contributed by atoms with E-state index in [0.29, 0.717) is 31.4 Å². The average Bonchev–Trinajstić information content (AvgIpc) is 3.14. The van der Waals surface area contributed by atoms with Crippen LogP contribution in [0.1, 0.15) is 24.8 Å². The van der Waals surface area contributed by atoms with E-state index in [1.54, 1.807) is 17.1 Å². The molecule has 2 aromatic rings. The molecular formula is C17H19N5O2. The molecule has 1 saturated heterocycles. The summed E-state index contributed by atoms with van der Waals surface area (Å²) in [6.45, 7) is 0.921. The van der Waals surface area contributed by atoms with E-state index in [1.807, 2.05) is 29.3 Å². The van der Waals surface area contributed by atoms with E-state index in [9.17, 15) is 9.59 Å². The molecule has 0 spiro atoms. The van der Waals surface area contributed by atoms with Crippen LogP contribution in [0.2, 0.25) is 0 Å². The van der Waals surface area contributed by atoms with Crippen molar-refractivity contribution in [1.82, 2.24) is 25.0 Å². The van der Waals surface area contributed by atoms with E-state index in [4.69, 9.17) is 0 Å². The summed E-state index contributed by atoms with van der Waals surface area (Å²) in [6, 6.07) is 5.96. The molecule has 2 aliphatic rings. The number of hydrogen-bond donors (Lipinski definition) is 1. The number of nitrogens with zero attached hydrogens (tertiary/aromatic N) is 4. The number of aromatic nitrogens is 3. The van der Waals surface area contributed by atoms with Crippen molar-refractivity contribution < 1.29 is 9.59 Å². The molecule has 4 rings (SSSR count). The lowest BCUT2D eigenvalue weighted by atomic mass is 10.1. The summed E-state index contributed by atoms with van der Waals surface area (Å²) in [5.41, 5.74) is 0.887. The summed E-state index contributed by atoms with van der Waals surface area (Å²) in [5, 5.41) is 7.13. The summed E-state index contributed by atoms with van der Waals surface area (Å²) in [5.74, 6) is 0.492. The molecule has 7 nitrogen and oxygen atoms in total. The Hall–Kier alpha value is -2.70. The molecule has 1 aliphatic heterocycles. The number of rotatable bonds is 5. The summed E-state index contributed by atoms with van der Waals surface area (Å²) in [6.07, 6.45) is 7.67. The molecule has 2 amide bonds. The smallest absolute Gasteiger partial charge is 0.225 e. The number of nitrogens with one attached hydrogen (secondary N) is 1. The first-order chi connectivity index (χ1) is 11.7. The molecule has 7 heteroatoms. The molecule has 1 atom stereocenters. The predicted molar refractivity (Wildman–Crippen MR) is 86.0 cm³/mol. The molecule has 1 saturated carbocycles. The fraction of sp³-hybridized carbons (Fsp3) is 0.412. The summed E-state index contributed by atoms with van der Waals surface area (Å²) in [7, 11) is 0. The second-order valence-corrected chi connectivity index (χ2v) is 6.33. The first kappa shape index (κ1) is 14.9. The van der Waals surface area contributed by atoms with Gasteiger partial charge in [0.2, 0.25) is 11.8 Å². The first-order valence-electron chi connectivity index (χ1n) is 8.23. The Morgan fingerprint density at radius 2 is 2.17 bits per heavy atom. The Morgan fingerprint density at radius 1 is 1.29 bits per heavy atom. The predicted octanol–water partition coefficient (Wildman–Crippen LogP) is 0.894. The summed E-state index contributed by atoms with van der Waals surface area (Å²) < 4.78 is 1.68. The van der Waals surface area contributed by atoms with Crippen molar-refractivity contribution in [3.8, 4) is 5.82 Å². The molecule has 124 valence electrons. The van der Waals surface area contributed by atoms with Gasteiger partial charge in [0, 0.05) is 49.7 Å². The third kappa shape index (κ3) is 2.89. The van der Waals surface area contributed by atoms with Crippen molar-refractivity contribution in [2.75, 3.05) is 6.54 Å². The zero-order chi connectivity index (χ0) is 16.5. The highest BCUT2D eigenvalue weighted by Gasteiger charge is 2.41. The van der Waals surface area contributed by atoms with Crippen molar-refractivity contribution in [3.05, 3.63) is 42.4 Å². The van der Waals surface area contributed by atoms with Crippen molar-refractivity contribution >= 4 is 11.8 Å². The van der Waals surface area contributed by atoms with Gasteiger partial charge in [-0.1, -0.05) is 6.07 Å². The van der Waals surface area contributed by atoms with E-state index in [2.05, 4.69) is 15.4 Å². The van der Waals surface area contributed by atoms with Gasteiger partial charge in [0.1, 0.15) is 0 Å². The fourth-order valence-electron chi connectivity index (χ4n) is 3.14. The van der Waals surface area contributed by atoms with Crippen molar-refractivity contribution in [2.24, 2.45) is 5.92 Å². The average molecular weight is 325 g/mol. The maximum absolute atomic E-state index is 12.4. The van der Waals surface area contributed by atoms with Crippen LogP contribution in [0, 0.1) is 5.92 Å². The normalized spacial score (nSPS) is 20.4. The van der Waals surface area contributed by atoms with Crippen LogP contribution in [-0.4, -0.2) is 44.1 Å². The monoisotopic (exact) mass is 325 g/mol. The van der Waals surface area contributed by atoms with Crippen LogP contribution in [0.25, 0.3) is 5.82 Å². The minimum atomic E-state index is -0.247. The quantitative estimate of drug-likeness (QED) is 0.885. The Labute approximate surface area is 139 Å². The number of carbonyl (C=O) groups excluding carboxylic acids is 2. The minimum Gasteiger partial charge on any atom is -0.352 e. The van der Waals surface area contributed by atoms with Crippen LogP contribution in [0.4, 0.5) is 0 Å². The van der Waals surface area contributed by atoms with Gasteiger partial charge in [0.15, 0.2) is 5.82 Å². The van der Waals surface area contributed by atoms with Crippen LogP contribution in [0.3, 0.4) is 0 Å². The summed E-state index contributed by atoms with van der Waals surface area (Å²) >= 11 is 0. The molecule has 0 unspecified atom stereocenters. The van der Waals surface area contributed by atoms with Gasteiger partial charge in [-0.2, -0.15) is 5.10 Å². The Kier molecular flexibility index (Phi) is 3.76. The van der Waals surface area contributed by atoms with Crippen molar-refractivity contribution in [3.63, 3.8) is 0 Å². The largest absolute Gasteiger partial charge is 0.352 e. The van der Waals surface area contributed by atoms with E-state index >= 15 is 0 Å². The third-order valence-corrected chi connectivity index (χ3v) is 4.56. The summed E-state index contributed by atoms with van der Waals surface area (Å²) in [4.78, 5) is 30.6. The van der Waals surface area contributed by atoms with Crippen molar-refractivity contribution in [1.29, 1.82) is 0 Å². The fourth-order valence-corrected chi connectivity index (χ4v) is 3.14. The number of pyridine rings is 1.